The maximum absolute atomic E-state index is 12.6. The van der Waals surface area contributed by atoms with Crippen molar-refractivity contribution < 1.29 is 29.9 Å². The number of nitrogens with two attached hydrogens (primary N) is 1. The molecule has 12 nitrogen and oxygen atoms in total. The number of halogens is 1. The molecule has 0 radical (unpaired) electrons. The topological polar surface area (TPSA) is 191 Å². The molecule has 2 aliphatic rings. The van der Waals surface area contributed by atoms with Gasteiger partial charge >= 0.3 is 5.97 Å². The number of thiazole rings is 1. The van der Waals surface area contributed by atoms with Crippen LogP contribution in [0.2, 0.25) is 4.34 Å². The van der Waals surface area contributed by atoms with Crippen LogP contribution in [0.15, 0.2) is 32.4 Å². The number of carboxylic acids is 1. The molecular weight excluding hydrogens is 492 g/mol. The van der Waals surface area contributed by atoms with Crippen molar-refractivity contribution in [2.45, 2.75) is 11.4 Å². The number of nitrogen functional groups attached to an aromatic ring is 1. The Kier molecular flexibility index (Phi) is 7.09. The zero-order valence-corrected chi connectivity index (χ0v) is 18.3. The Hall–Kier alpha value is -2.75. The predicted octanol–water partition coefficient (Wildman–Crippen LogP) is 0.960. The molecule has 1 aromatic rings. The van der Waals surface area contributed by atoms with E-state index in [-0.39, 0.29) is 26.6 Å². The number of nitrogens with one attached hydrogen (secondary N) is 1. The molecule has 3 heterocycles. The highest BCUT2D eigenvalue weighted by Gasteiger charge is 2.54. The van der Waals surface area contributed by atoms with Gasteiger partial charge in [0.2, 0.25) is 0 Å². The molecule has 0 saturated carbocycles. The monoisotopic (exact) mass is 504 g/mol. The molecular formula is C15H13ClN6O6S3. The van der Waals surface area contributed by atoms with Gasteiger partial charge in [0.1, 0.15) is 27.1 Å². The number of amides is 2. The van der Waals surface area contributed by atoms with Gasteiger partial charge in [-0.2, -0.15) is 0 Å². The summed E-state index contributed by atoms with van der Waals surface area (Å²) in [4.78, 5) is 42.3. The number of carbonyl (C=O) groups excluding carboxylic acids is 2. The fourth-order valence-corrected chi connectivity index (χ4v) is 5.96. The van der Waals surface area contributed by atoms with E-state index in [4.69, 9.17) is 22.5 Å². The fraction of sp³-hybridized carbons (Fsp3) is 0.200. The summed E-state index contributed by atoms with van der Waals surface area (Å²) >= 11 is 9.14. The van der Waals surface area contributed by atoms with Gasteiger partial charge in [0.05, 0.1) is 6.21 Å². The van der Waals surface area contributed by atoms with E-state index in [0.717, 1.165) is 34.2 Å². The Morgan fingerprint density at radius 1 is 1.42 bits per heavy atom. The summed E-state index contributed by atoms with van der Waals surface area (Å²) in [6, 6.07) is -1.04. The number of anilines is 1. The maximum Gasteiger partial charge on any atom is 0.353 e. The number of hydrogen-bond donors (Lipinski definition) is 5. The Bertz CT molecular complexity index is 1050. The molecule has 2 atom stereocenters. The number of carboxylic acid groups (broad SMARTS) is 1. The van der Waals surface area contributed by atoms with Crippen LogP contribution < -0.4 is 11.1 Å². The van der Waals surface area contributed by atoms with Crippen molar-refractivity contribution in [3.8, 4) is 0 Å². The van der Waals surface area contributed by atoms with Crippen LogP contribution >= 0.6 is 46.5 Å². The summed E-state index contributed by atoms with van der Waals surface area (Å²) < 4.78 is 0.0334. The Morgan fingerprint density at radius 2 is 2.16 bits per heavy atom. The largest absolute Gasteiger partial charge is 0.477 e. The Balaban J connectivity index is 1.77. The van der Waals surface area contributed by atoms with Gasteiger partial charge in [0, 0.05) is 10.7 Å². The van der Waals surface area contributed by atoms with Crippen molar-refractivity contribution in [2.75, 3.05) is 11.5 Å². The minimum atomic E-state index is -1.29. The Labute approximate surface area is 191 Å². The number of aliphatic carboxylic acids is 1. The number of hydrogen-bond acceptors (Lipinski definition) is 12. The number of carbonyl (C=O) groups is 3. The van der Waals surface area contributed by atoms with Crippen LogP contribution in [0.4, 0.5) is 5.13 Å². The lowest BCUT2D eigenvalue weighted by Crippen LogP contribution is -2.71. The number of oxime groups is 2. The first-order chi connectivity index (χ1) is 14.8. The second-order valence-corrected chi connectivity index (χ2v) is 9.51. The van der Waals surface area contributed by atoms with Gasteiger partial charge in [-0.15, -0.1) is 11.8 Å². The van der Waals surface area contributed by atoms with Gasteiger partial charge in [0.15, 0.2) is 10.8 Å². The molecule has 0 spiro atoms. The van der Waals surface area contributed by atoms with Crippen molar-refractivity contribution in [3.63, 3.8) is 0 Å². The minimum Gasteiger partial charge on any atom is -0.477 e. The van der Waals surface area contributed by atoms with Crippen molar-refractivity contribution in [1.82, 2.24) is 15.2 Å². The highest BCUT2D eigenvalue weighted by Crippen LogP contribution is 2.43. The normalized spacial score (nSPS) is 21.5. The smallest absolute Gasteiger partial charge is 0.353 e. The van der Waals surface area contributed by atoms with E-state index in [9.17, 15) is 24.7 Å². The van der Waals surface area contributed by atoms with Crippen LogP contribution in [0.25, 0.3) is 0 Å². The van der Waals surface area contributed by atoms with Crippen LogP contribution in [-0.2, 0) is 14.4 Å². The third-order valence-electron chi connectivity index (χ3n) is 4.01. The van der Waals surface area contributed by atoms with Gasteiger partial charge < -0.3 is 26.6 Å². The summed E-state index contributed by atoms with van der Waals surface area (Å²) in [6.07, 6.45) is 2.51. The fourth-order valence-electron chi connectivity index (χ4n) is 2.75. The average Bonchev–Trinajstić information content (AvgIpc) is 3.06. The molecule has 16 heteroatoms. The van der Waals surface area contributed by atoms with E-state index in [1.807, 2.05) is 0 Å². The molecule has 164 valence electrons. The average molecular weight is 505 g/mol. The molecule has 1 aromatic heterocycles. The van der Waals surface area contributed by atoms with Crippen LogP contribution in [0, 0.1) is 0 Å². The molecule has 0 bridgehead atoms. The number of fused-ring (bicyclic) bond motifs is 1. The van der Waals surface area contributed by atoms with E-state index in [1.54, 1.807) is 0 Å². The van der Waals surface area contributed by atoms with E-state index in [2.05, 4.69) is 20.6 Å². The van der Waals surface area contributed by atoms with E-state index in [0.29, 0.717) is 4.91 Å². The first-order valence-electron chi connectivity index (χ1n) is 8.15. The first kappa shape index (κ1) is 22.9. The van der Waals surface area contributed by atoms with Crippen molar-refractivity contribution in [3.05, 3.63) is 32.1 Å². The van der Waals surface area contributed by atoms with Gasteiger partial charge in [-0.1, -0.05) is 45.0 Å². The molecule has 0 aromatic carbocycles. The number of rotatable bonds is 7. The zero-order chi connectivity index (χ0) is 22.7. The second kappa shape index (κ2) is 9.59. The minimum absolute atomic E-state index is 0.0334. The van der Waals surface area contributed by atoms with Crippen LogP contribution in [-0.4, -0.2) is 72.3 Å². The molecule has 2 aliphatic heterocycles. The SMILES string of the molecule is Nc1nc(/C(=N/O)C(=O)NC2C(=O)N3C(C(=O)O)=C(S/C=C\C=N\O)CS[C@H]23)c(Cl)s1. The molecule has 6 N–H and O–H groups in total. The van der Waals surface area contributed by atoms with Gasteiger partial charge in [-0.25, -0.2) is 9.78 Å². The number of nitrogens with zero attached hydrogens (tertiary/aromatic N) is 4. The summed E-state index contributed by atoms with van der Waals surface area (Å²) in [7, 11) is 0. The van der Waals surface area contributed by atoms with Crippen LogP contribution in [0.5, 0.6) is 0 Å². The summed E-state index contributed by atoms with van der Waals surface area (Å²) in [5.41, 5.74) is 4.68. The molecule has 31 heavy (non-hydrogen) atoms. The number of β-lactam (4-membered cyclic amide) rings is 1. The zero-order valence-electron chi connectivity index (χ0n) is 15.1. The Morgan fingerprint density at radius 3 is 2.74 bits per heavy atom. The van der Waals surface area contributed by atoms with E-state index >= 15 is 0 Å². The standard InChI is InChI=1S/C15H13ClN6O6S3/c16-10-6(20-15(17)31-10)7(21-28)11(23)19-8-12(24)22-9(14(25)26)5(4-30-13(8)22)29-3-1-2-18-27/h1-3,8,13,27-28H,4H2,(H2,17,20)(H,19,23)(H,25,26)/b3-1-,18-2+,21-7-/t8?,13-/m1/s1. The molecule has 1 unspecified atom stereocenters. The van der Waals surface area contributed by atoms with Gasteiger partial charge in [-0.05, 0) is 11.5 Å². The first-order valence-corrected chi connectivity index (χ1v) is 11.3. The van der Waals surface area contributed by atoms with Crippen LogP contribution in [0.1, 0.15) is 5.69 Å². The lowest BCUT2D eigenvalue weighted by molar-refractivity contribution is -0.150. The predicted molar refractivity (Wildman–Crippen MR) is 117 cm³/mol. The van der Waals surface area contributed by atoms with Crippen molar-refractivity contribution >= 4 is 81.3 Å². The molecule has 2 amide bonds. The molecule has 0 aliphatic carbocycles. The molecule has 3 rings (SSSR count). The second-order valence-electron chi connectivity index (χ2n) is 5.77. The highest BCUT2D eigenvalue weighted by atomic mass is 35.5. The van der Waals surface area contributed by atoms with Crippen molar-refractivity contribution in [1.29, 1.82) is 0 Å². The number of aromatic nitrogens is 1. The maximum atomic E-state index is 12.6. The third kappa shape index (κ3) is 4.48. The summed E-state index contributed by atoms with van der Waals surface area (Å²) in [6.45, 7) is 0. The van der Waals surface area contributed by atoms with Crippen molar-refractivity contribution in [2.24, 2.45) is 10.3 Å². The third-order valence-corrected chi connectivity index (χ3v) is 7.47. The molecule has 1 fully saturated rings. The number of allylic oxidation sites excluding steroid dienone is 1. The summed E-state index contributed by atoms with van der Waals surface area (Å²) in [5.74, 6) is -2.58. The van der Waals surface area contributed by atoms with Gasteiger partial charge in [-0.3, -0.25) is 14.5 Å². The molecule has 1 saturated heterocycles. The lowest BCUT2D eigenvalue weighted by Gasteiger charge is -2.49. The lowest BCUT2D eigenvalue weighted by atomic mass is 10.0. The summed E-state index contributed by atoms with van der Waals surface area (Å²) in [5, 5.41) is 36.2. The van der Waals surface area contributed by atoms with Gasteiger partial charge in [0.25, 0.3) is 11.8 Å². The van der Waals surface area contributed by atoms with E-state index < -0.39 is 34.9 Å². The quantitative estimate of drug-likeness (QED) is 0.154. The van der Waals surface area contributed by atoms with Crippen LogP contribution in [0.3, 0.4) is 0 Å². The van der Waals surface area contributed by atoms with E-state index in [1.165, 1.54) is 23.2 Å². The highest BCUT2D eigenvalue weighted by molar-refractivity contribution is 8.08. The number of thioether (sulfide) groups is 2.